The first kappa shape index (κ1) is 54.8. The summed E-state index contributed by atoms with van der Waals surface area (Å²) in [6.07, 6.45) is 45.4. The molecule has 9 nitrogen and oxygen atoms in total. The molecule has 0 aliphatic carbocycles. The second kappa shape index (κ2) is 43.3. The van der Waals surface area contributed by atoms with Crippen molar-refractivity contribution in [2.75, 3.05) is 26.4 Å². The molecule has 0 rings (SSSR count). The number of esters is 2. The third-order valence-corrected chi connectivity index (χ3v) is 11.4. The largest absolute Gasteiger partial charge is 0.472 e. The monoisotopic (exact) mass is 816 g/mol. The summed E-state index contributed by atoms with van der Waals surface area (Å²) in [6.45, 7) is 3.75. The van der Waals surface area contributed by atoms with Gasteiger partial charge in [0.15, 0.2) is 6.10 Å². The van der Waals surface area contributed by atoms with Crippen LogP contribution < -0.4 is 5.73 Å². The van der Waals surface area contributed by atoms with E-state index in [2.05, 4.69) is 26.0 Å². The van der Waals surface area contributed by atoms with E-state index in [9.17, 15) is 19.0 Å². The molecule has 0 heterocycles. The molecule has 0 aliphatic rings. The highest BCUT2D eigenvalue weighted by molar-refractivity contribution is 7.47. The molecule has 0 amide bonds. The maximum Gasteiger partial charge on any atom is 0.472 e. The van der Waals surface area contributed by atoms with Gasteiger partial charge in [0.1, 0.15) is 6.61 Å². The van der Waals surface area contributed by atoms with Crippen molar-refractivity contribution in [2.24, 2.45) is 5.73 Å². The average Bonchev–Trinajstić information content (AvgIpc) is 3.18. The van der Waals surface area contributed by atoms with E-state index < -0.39 is 26.5 Å². The van der Waals surface area contributed by atoms with Gasteiger partial charge in [0, 0.05) is 19.4 Å². The van der Waals surface area contributed by atoms with Crippen LogP contribution >= 0.6 is 7.82 Å². The highest BCUT2D eigenvalue weighted by Gasteiger charge is 2.26. The molecular weight excluding hydrogens is 725 g/mol. The van der Waals surface area contributed by atoms with Crippen molar-refractivity contribution in [3.63, 3.8) is 0 Å². The molecule has 0 saturated heterocycles. The summed E-state index contributed by atoms with van der Waals surface area (Å²) in [6, 6.07) is 0. The van der Waals surface area contributed by atoms with Gasteiger partial charge in [0.2, 0.25) is 0 Å². The molecule has 0 aromatic rings. The zero-order chi connectivity index (χ0) is 41.1. The number of carbonyl (C=O) groups excluding carboxylic acids is 2. The Balaban J connectivity index is 4.06. The minimum atomic E-state index is -4.38. The Morgan fingerprint density at radius 1 is 0.518 bits per heavy atom. The lowest BCUT2D eigenvalue weighted by molar-refractivity contribution is -0.161. The highest BCUT2D eigenvalue weighted by Crippen LogP contribution is 2.43. The first-order valence-corrected chi connectivity index (χ1v) is 25.2. The number of carbonyl (C=O) groups is 2. The fraction of sp³-hybridized carbons (Fsp3) is 0.913. The topological polar surface area (TPSA) is 134 Å². The predicted octanol–water partition coefficient (Wildman–Crippen LogP) is 13.8. The molecular formula is C46H90NO8P. The molecule has 0 aromatic carbocycles. The molecule has 0 aliphatic heterocycles. The van der Waals surface area contributed by atoms with Crippen molar-refractivity contribution in [1.82, 2.24) is 0 Å². The van der Waals surface area contributed by atoms with E-state index in [1.54, 1.807) is 0 Å². The normalized spacial score (nSPS) is 13.3. The second-order valence-corrected chi connectivity index (χ2v) is 17.4. The van der Waals surface area contributed by atoms with Crippen LogP contribution in [-0.2, 0) is 32.7 Å². The summed E-state index contributed by atoms with van der Waals surface area (Å²) >= 11 is 0. The van der Waals surface area contributed by atoms with Crippen molar-refractivity contribution in [1.29, 1.82) is 0 Å². The first-order valence-electron chi connectivity index (χ1n) is 23.7. The number of allylic oxidation sites excluding steroid dienone is 2. The van der Waals surface area contributed by atoms with E-state index in [4.69, 9.17) is 24.3 Å². The standard InChI is InChI=1S/C46H90NO8P/c1-3-5-7-9-11-13-15-17-19-20-21-22-23-25-26-28-30-32-34-36-38-45(48)52-42-44(43-54-56(50,51)53-41-40-47)55-46(49)39-37-35-33-31-29-27-24-18-16-14-12-10-8-6-4-2/h29,31,44H,3-28,30,32-43,47H2,1-2H3,(H,50,51)/b31-29+/t44-/m1/s1. The fourth-order valence-corrected chi connectivity index (χ4v) is 7.63. The number of ether oxygens (including phenoxy) is 2. The number of hydrogen-bond acceptors (Lipinski definition) is 8. The Morgan fingerprint density at radius 2 is 0.875 bits per heavy atom. The van der Waals surface area contributed by atoms with Gasteiger partial charge in [-0.3, -0.25) is 18.6 Å². The Morgan fingerprint density at radius 3 is 1.30 bits per heavy atom. The molecule has 332 valence electrons. The highest BCUT2D eigenvalue weighted by atomic mass is 31.2. The van der Waals surface area contributed by atoms with Gasteiger partial charge < -0.3 is 20.1 Å². The molecule has 0 radical (unpaired) electrons. The van der Waals surface area contributed by atoms with Crippen LogP contribution in [-0.4, -0.2) is 49.3 Å². The van der Waals surface area contributed by atoms with Crippen LogP contribution in [0.3, 0.4) is 0 Å². The molecule has 56 heavy (non-hydrogen) atoms. The minimum absolute atomic E-state index is 0.0535. The number of hydrogen-bond donors (Lipinski definition) is 2. The van der Waals surface area contributed by atoms with Gasteiger partial charge in [-0.2, -0.15) is 0 Å². The van der Waals surface area contributed by atoms with Crippen LogP contribution in [0.2, 0.25) is 0 Å². The first-order chi connectivity index (χ1) is 27.3. The Bertz CT molecular complexity index is 933. The lowest BCUT2D eigenvalue weighted by Crippen LogP contribution is -2.29. The molecule has 2 atom stereocenters. The summed E-state index contributed by atoms with van der Waals surface area (Å²) in [5.74, 6) is -0.840. The minimum Gasteiger partial charge on any atom is -0.462 e. The summed E-state index contributed by atoms with van der Waals surface area (Å²) in [4.78, 5) is 34.9. The van der Waals surface area contributed by atoms with E-state index >= 15 is 0 Å². The van der Waals surface area contributed by atoms with Crippen molar-refractivity contribution < 1.29 is 37.6 Å². The van der Waals surface area contributed by atoms with Crippen molar-refractivity contribution in [3.05, 3.63) is 12.2 Å². The van der Waals surface area contributed by atoms with Gasteiger partial charge in [-0.05, 0) is 38.5 Å². The lowest BCUT2D eigenvalue weighted by atomic mass is 10.0. The van der Waals surface area contributed by atoms with Crippen LogP contribution in [0.15, 0.2) is 12.2 Å². The van der Waals surface area contributed by atoms with Gasteiger partial charge in [-0.15, -0.1) is 0 Å². The molecule has 0 bridgehead atoms. The van der Waals surface area contributed by atoms with Crippen LogP contribution in [0.5, 0.6) is 0 Å². The molecule has 0 spiro atoms. The smallest absolute Gasteiger partial charge is 0.462 e. The van der Waals surface area contributed by atoms with E-state index in [0.717, 1.165) is 38.5 Å². The quantitative estimate of drug-likeness (QED) is 0.0266. The predicted molar refractivity (Wildman–Crippen MR) is 234 cm³/mol. The zero-order valence-electron chi connectivity index (χ0n) is 36.6. The van der Waals surface area contributed by atoms with E-state index in [0.29, 0.717) is 6.42 Å². The third kappa shape index (κ3) is 42.4. The molecule has 0 aromatic heterocycles. The van der Waals surface area contributed by atoms with Gasteiger partial charge in [-0.25, -0.2) is 4.57 Å². The summed E-state index contributed by atoms with van der Waals surface area (Å²) in [5.41, 5.74) is 5.35. The number of nitrogens with two attached hydrogens (primary N) is 1. The van der Waals surface area contributed by atoms with Gasteiger partial charge in [-0.1, -0.05) is 199 Å². The van der Waals surface area contributed by atoms with Crippen molar-refractivity contribution >= 4 is 19.8 Å². The Kier molecular flexibility index (Phi) is 42.4. The maximum absolute atomic E-state index is 12.6. The molecule has 1 unspecified atom stereocenters. The number of phosphoric ester groups is 1. The molecule has 0 fully saturated rings. The van der Waals surface area contributed by atoms with Gasteiger partial charge >= 0.3 is 19.8 Å². The van der Waals surface area contributed by atoms with E-state index in [1.807, 2.05) is 0 Å². The van der Waals surface area contributed by atoms with E-state index in [1.165, 1.54) is 167 Å². The van der Waals surface area contributed by atoms with Crippen LogP contribution in [0, 0.1) is 0 Å². The molecule has 3 N–H and O–H groups in total. The fourth-order valence-electron chi connectivity index (χ4n) is 6.87. The second-order valence-electron chi connectivity index (χ2n) is 16.0. The number of unbranched alkanes of at least 4 members (excludes halogenated alkanes) is 30. The summed E-state index contributed by atoms with van der Waals surface area (Å²) < 4.78 is 32.8. The molecule has 0 saturated carbocycles. The number of phosphoric acid groups is 1. The lowest BCUT2D eigenvalue weighted by Gasteiger charge is -2.19. The Hall–Kier alpha value is -1.25. The number of rotatable bonds is 45. The van der Waals surface area contributed by atoms with Gasteiger partial charge in [0.25, 0.3) is 0 Å². The van der Waals surface area contributed by atoms with Crippen LogP contribution in [0.1, 0.15) is 239 Å². The Labute approximate surface area is 345 Å². The van der Waals surface area contributed by atoms with E-state index in [-0.39, 0.29) is 38.6 Å². The van der Waals surface area contributed by atoms with Crippen molar-refractivity contribution in [3.8, 4) is 0 Å². The third-order valence-electron chi connectivity index (χ3n) is 10.4. The SMILES string of the molecule is CCCCCCCCCCC/C=C/CCCCC(=O)O[C@H](COC(=O)CCCCCCCCCCCCCCCCCCCCCC)COP(=O)(O)OCCN. The average molecular weight is 816 g/mol. The van der Waals surface area contributed by atoms with Crippen LogP contribution in [0.25, 0.3) is 0 Å². The summed E-state index contributed by atoms with van der Waals surface area (Å²) in [7, 11) is -4.38. The van der Waals surface area contributed by atoms with Gasteiger partial charge in [0.05, 0.1) is 13.2 Å². The molecule has 10 heteroatoms. The zero-order valence-corrected chi connectivity index (χ0v) is 37.5. The van der Waals surface area contributed by atoms with Crippen LogP contribution in [0.4, 0.5) is 0 Å². The van der Waals surface area contributed by atoms with Crippen molar-refractivity contribution in [2.45, 2.75) is 245 Å². The maximum atomic E-state index is 12.6. The summed E-state index contributed by atoms with van der Waals surface area (Å²) in [5, 5.41) is 0.